The van der Waals surface area contributed by atoms with Gasteiger partial charge in [-0.05, 0) is 134 Å². The Bertz CT molecular complexity index is 3730. The van der Waals surface area contributed by atoms with Gasteiger partial charge in [0, 0.05) is 55.6 Å². The fourth-order valence-electron chi connectivity index (χ4n) is 12.0. The summed E-state index contributed by atoms with van der Waals surface area (Å²) in [5.74, 6) is 0. The molecule has 0 aliphatic carbocycles. The fourth-order valence-corrected chi connectivity index (χ4v) is 12.0. The number of rotatable bonds is 4. The second-order valence-electron chi connectivity index (χ2n) is 23.2. The minimum Gasteiger partial charge on any atom is -0.375 e. The Kier molecular flexibility index (Phi) is 9.39. The molecule has 0 atom stereocenters. The van der Waals surface area contributed by atoms with E-state index in [1.165, 1.54) is 133 Å². The zero-order valence-corrected chi connectivity index (χ0v) is 42.4. The Hall–Kier alpha value is -7.04. The summed E-state index contributed by atoms with van der Waals surface area (Å²) in [5.41, 5.74) is 26.6. The van der Waals surface area contributed by atoms with Crippen LogP contribution in [0, 0.1) is 20.8 Å². The van der Waals surface area contributed by atoms with Crippen molar-refractivity contribution in [2.24, 2.45) is 0 Å². The third-order valence-corrected chi connectivity index (χ3v) is 15.5. The topological polar surface area (TPSA) is 13.1 Å². The maximum absolute atomic E-state index is 2.81. The van der Waals surface area contributed by atoms with Crippen LogP contribution in [0.25, 0.3) is 71.9 Å². The van der Waals surface area contributed by atoms with E-state index in [4.69, 9.17) is 0 Å². The summed E-state index contributed by atoms with van der Waals surface area (Å²) in [7, 11) is 0. The van der Waals surface area contributed by atoms with Crippen molar-refractivity contribution in [3.05, 3.63) is 191 Å². The van der Waals surface area contributed by atoms with Crippen molar-refractivity contribution < 1.29 is 0 Å². The Morgan fingerprint density at radius 1 is 0.435 bits per heavy atom. The van der Waals surface area contributed by atoms with Crippen molar-refractivity contribution in [1.82, 2.24) is 9.05 Å². The molecule has 0 N–H and O–H groups in total. The van der Waals surface area contributed by atoms with Gasteiger partial charge in [-0.25, -0.2) is 0 Å². The first-order valence-electron chi connectivity index (χ1n) is 25.0. The first-order valence-corrected chi connectivity index (χ1v) is 25.0. The summed E-state index contributed by atoms with van der Waals surface area (Å²) in [6.07, 6.45) is 0. The van der Waals surface area contributed by atoms with Crippen molar-refractivity contribution >= 4 is 67.5 Å². The van der Waals surface area contributed by atoms with Gasteiger partial charge in [-0.15, -0.1) is 0 Å². The quantitative estimate of drug-likeness (QED) is 0.160. The van der Waals surface area contributed by atoms with Crippen LogP contribution in [0.1, 0.15) is 95.7 Å². The molecule has 2 aromatic heterocycles. The summed E-state index contributed by atoms with van der Waals surface area (Å²) < 4.78 is 5.44. The van der Waals surface area contributed by atoms with Crippen molar-refractivity contribution in [3.63, 3.8) is 0 Å². The lowest BCUT2D eigenvalue weighted by Gasteiger charge is -2.42. The van der Waals surface area contributed by atoms with Gasteiger partial charge in [0.2, 0.25) is 0 Å². The maximum Gasteiger partial charge on any atom is 0.333 e. The highest BCUT2D eigenvalue weighted by atomic mass is 15.2. The first kappa shape index (κ1) is 43.3. The first-order chi connectivity index (χ1) is 32.9. The molecule has 4 heteroatoms. The molecule has 0 spiro atoms. The van der Waals surface area contributed by atoms with Gasteiger partial charge in [0.1, 0.15) is 0 Å². The van der Waals surface area contributed by atoms with E-state index in [2.05, 4.69) is 255 Å². The van der Waals surface area contributed by atoms with E-state index in [1.54, 1.807) is 0 Å². The number of nitrogens with zero attached hydrogens (tertiary/aromatic N) is 3. The molecule has 0 bridgehead atoms. The summed E-state index contributed by atoms with van der Waals surface area (Å²) in [5, 5.41) is 3.83. The van der Waals surface area contributed by atoms with Crippen LogP contribution in [-0.4, -0.2) is 15.9 Å². The smallest absolute Gasteiger partial charge is 0.333 e. The number of anilines is 3. The zero-order valence-electron chi connectivity index (χ0n) is 42.4. The van der Waals surface area contributed by atoms with E-state index in [9.17, 15) is 0 Å². The summed E-state index contributed by atoms with van der Waals surface area (Å²) in [6, 6.07) is 60.7. The van der Waals surface area contributed by atoms with Crippen molar-refractivity contribution in [3.8, 4) is 39.2 Å². The molecule has 0 saturated heterocycles. The number of aryl methyl sites for hydroxylation is 3. The Labute approximate surface area is 409 Å². The highest BCUT2D eigenvalue weighted by Gasteiger charge is 2.46. The van der Waals surface area contributed by atoms with Crippen LogP contribution in [-0.2, 0) is 16.2 Å². The van der Waals surface area contributed by atoms with Crippen LogP contribution in [0.5, 0.6) is 0 Å². The van der Waals surface area contributed by atoms with Crippen molar-refractivity contribution in [1.29, 1.82) is 0 Å². The normalized spacial score (nSPS) is 13.4. The predicted molar refractivity (Wildman–Crippen MR) is 298 cm³/mol. The molecule has 12 rings (SSSR count). The van der Waals surface area contributed by atoms with E-state index in [0.29, 0.717) is 0 Å². The minimum absolute atomic E-state index is 0.0296. The standard InChI is InChI=1S/C65H62BN3/c1-39-21-16-17-26-47(39)56-51-38-49-48-27-18-19-28-53(48)68(59-40(2)22-20-23-41(59)3)61(49)57-50-35-45(65(10,11)12)37-55-58(50)66(69(62(51)57)60(56)42-24-14-13-15-25-42)52-36-44(64(7,8)9)31-34-54(52)67(55)46-32-29-43(30-33-46)63(4,5)6/h13-38H,1-12H3. The van der Waals surface area contributed by atoms with Gasteiger partial charge in [0.05, 0.1) is 16.7 Å². The minimum atomic E-state index is -0.146. The molecule has 2 aliphatic heterocycles. The van der Waals surface area contributed by atoms with Gasteiger partial charge in [-0.2, -0.15) is 0 Å². The van der Waals surface area contributed by atoms with Crippen molar-refractivity contribution in [2.75, 3.05) is 4.90 Å². The molecule has 0 radical (unpaired) electrons. The third-order valence-electron chi connectivity index (χ3n) is 15.5. The van der Waals surface area contributed by atoms with E-state index >= 15 is 0 Å². The Morgan fingerprint density at radius 3 is 1.74 bits per heavy atom. The maximum atomic E-state index is 2.81. The Morgan fingerprint density at radius 2 is 1.06 bits per heavy atom. The second kappa shape index (κ2) is 15.0. The van der Waals surface area contributed by atoms with Gasteiger partial charge >= 0.3 is 6.85 Å². The van der Waals surface area contributed by atoms with Gasteiger partial charge in [-0.3, -0.25) is 0 Å². The molecule has 10 aromatic rings. The molecule has 8 aromatic carbocycles. The van der Waals surface area contributed by atoms with E-state index in [0.717, 1.165) is 0 Å². The highest BCUT2D eigenvalue weighted by molar-refractivity contribution is 6.90. The predicted octanol–water partition coefficient (Wildman–Crippen LogP) is 16.3. The van der Waals surface area contributed by atoms with Crippen LogP contribution in [0.2, 0.25) is 0 Å². The van der Waals surface area contributed by atoms with Crippen LogP contribution in [0.15, 0.2) is 158 Å². The van der Waals surface area contributed by atoms with E-state index in [-0.39, 0.29) is 23.1 Å². The molecule has 0 fully saturated rings. The van der Waals surface area contributed by atoms with Crippen molar-refractivity contribution in [2.45, 2.75) is 99.3 Å². The number of benzene rings is 8. The van der Waals surface area contributed by atoms with E-state index < -0.39 is 0 Å². The highest BCUT2D eigenvalue weighted by Crippen LogP contribution is 2.54. The van der Waals surface area contributed by atoms with Crippen LogP contribution in [0.4, 0.5) is 17.1 Å². The van der Waals surface area contributed by atoms with Gasteiger partial charge in [0.25, 0.3) is 0 Å². The molecule has 340 valence electrons. The van der Waals surface area contributed by atoms with Gasteiger partial charge in [-0.1, -0.05) is 184 Å². The Balaban J connectivity index is 1.37. The fraction of sp³-hybridized carbons (Fsp3) is 0.231. The molecule has 0 unspecified atom stereocenters. The largest absolute Gasteiger partial charge is 0.375 e. The molecule has 2 aliphatic rings. The molecule has 69 heavy (non-hydrogen) atoms. The van der Waals surface area contributed by atoms with Gasteiger partial charge < -0.3 is 13.9 Å². The SMILES string of the molecule is Cc1ccccc1-c1c(-c2ccccc2)n2c3c(c4c(cc13)c1ccccc1n4-c1c(C)cccc1C)-c1cc(C(C)(C)C)cc3c1B2c1cc(C(C)(C)C)ccc1N3c1ccc(C(C)(C)C)cc1. The summed E-state index contributed by atoms with van der Waals surface area (Å²) >= 11 is 0. The second-order valence-corrected chi connectivity index (χ2v) is 23.2. The van der Waals surface area contributed by atoms with Crippen LogP contribution >= 0.6 is 0 Å². The molecule has 3 nitrogen and oxygen atoms in total. The number of para-hydroxylation sites is 2. The monoisotopic (exact) mass is 896 g/mol. The molecule has 0 amide bonds. The average molecular weight is 896 g/mol. The van der Waals surface area contributed by atoms with Crippen LogP contribution < -0.4 is 15.8 Å². The van der Waals surface area contributed by atoms with Crippen LogP contribution in [0.3, 0.4) is 0 Å². The third kappa shape index (κ3) is 6.40. The molecule has 4 heterocycles. The molecular weight excluding hydrogens is 834 g/mol. The lowest BCUT2D eigenvalue weighted by atomic mass is 9.44. The number of aromatic nitrogens is 2. The number of hydrogen-bond acceptors (Lipinski definition) is 1. The molecular formula is C65H62BN3. The van der Waals surface area contributed by atoms with Gasteiger partial charge in [0.15, 0.2) is 0 Å². The summed E-state index contributed by atoms with van der Waals surface area (Å²) in [4.78, 5) is 2.61. The average Bonchev–Trinajstić information content (AvgIpc) is 3.82. The summed E-state index contributed by atoms with van der Waals surface area (Å²) in [6.45, 7) is 27.9. The zero-order chi connectivity index (χ0) is 48.1. The lowest BCUT2D eigenvalue weighted by Crippen LogP contribution is -2.57. The number of fused-ring (bicyclic) bond motifs is 8. The van der Waals surface area contributed by atoms with E-state index in [1.807, 2.05) is 0 Å². The molecule has 0 saturated carbocycles. The number of hydrogen-bond donors (Lipinski definition) is 0. The lowest BCUT2D eigenvalue weighted by molar-refractivity contribution is 0.590.